The molecule has 0 unspecified atom stereocenters. The van der Waals surface area contributed by atoms with Gasteiger partial charge < -0.3 is 0 Å². The first-order chi connectivity index (χ1) is 24.0. The summed E-state index contributed by atoms with van der Waals surface area (Å²) in [6.07, 6.45) is 7.91. The van der Waals surface area contributed by atoms with Crippen molar-refractivity contribution >= 4 is 0 Å². The van der Waals surface area contributed by atoms with Gasteiger partial charge >= 0.3 is 0 Å². The molecule has 4 aliphatic carbocycles. The van der Waals surface area contributed by atoms with Gasteiger partial charge in [0, 0.05) is 16.7 Å². The normalized spacial score (nSPS) is 22.2. The minimum Gasteiger partial charge on any atom is -0.208 e. The van der Waals surface area contributed by atoms with Gasteiger partial charge in [0.2, 0.25) is 0 Å². The number of nitriles is 1. The highest BCUT2D eigenvalue weighted by molar-refractivity contribution is 5.76. The SMILES string of the molecule is N#Cc1ccc(-c2cc(-c3nc(-c4ccccc4)nc(-c4cccc(-c5ccc(F)cc5)c4)n3)cc(C34C[C@H]5C[C@H](C3)C[C@@H](C4)C5)c2)cc1. The second kappa shape index (κ2) is 11.9. The molecule has 4 saturated carbocycles. The summed E-state index contributed by atoms with van der Waals surface area (Å²) in [5.41, 5.74) is 9.08. The van der Waals surface area contributed by atoms with Crippen molar-refractivity contribution in [3.05, 3.63) is 138 Å². The van der Waals surface area contributed by atoms with Crippen molar-refractivity contribution in [2.24, 2.45) is 17.8 Å². The number of hydrogen-bond acceptors (Lipinski definition) is 4. The molecule has 5 aromatic carbocycles. The lowest BCUT2D eigenvalue weighted by molar-refractivity contribution is -0.00515. The van der Waals surface area contributed by atoms with Crippen LogP contribution in [0.15, 0.2) is 121 Å². The lowest BCUT2D eigenvalue weighted by atomic mass is 9.48. The van der Waals surface area contributed by atoms with Gasteiger partial charge in [0.05, 0.1) is 11.6 Å². The minimum absolute atomic E-state index is 0.174. The van der Waals surface area contributed by atoms with Crippen LogP contribution in [0, 0.1) is 34.9 Å². The van der Waals surface area contributed by atoms with Crippen LogP contribution in [0.2, 0.25) is 0 Å². The molecule has 4 aliphatic rings. The molecule has 0 aliphatic heterocycles. The largest absolute Gasteiger partial charge is 0.208 e. The first-order valence-corrected chi connectivity index (χ1v) is 17.3. The lowest BCUT2D eigenvalue weighted by Crippen LogP contribution is -2.48. The molecule has 5 heteroatoms. The monoisotopic (exact) mass is 638 g/mol. The van der Waals surface area contributed by atoms with Gasteiger partial charge in [-0.1, -0.05) is 78.9 Å². The van der Waals surface area contributed by atoms with E-state index in [9.17, 15) is 9.65 Å². The van der Waals surface area contributed by atoms with Crippen molar-refractivity contribution < 1.29 is 4.39 Å². The number of rotatable bonds is 6. The summed E-state index contributed by atoms with van der Waals surface area (Å²) in [7, 11) is 0. The summed E-state index contributed by atoms with van der Waals surface area (Å²) >= 11 is 0. The molecule has 1 heterocycles. The molecule has 0 atom stereocenters. The molecule has 4 nitrogen and oxygen atoms in total. The highest BCUT2D eigenvalue weighted by atomic mass is 19.1. The molecule has 0 N–H and O–H groups in total. The van der Waals surface area contributed by atoms with Crippen molar-refractivity contribution in [3.8, 4) is 62.5 Å². The third kappa shape index (κ3) is 5.62. The maximum atomic E-state index is 13.7. The number of aromatic nitrogens is 3. The maximum absolute atomic E-state index is 13.7. The van der Waals surface area contributed by atoms with Crippen LogP contribution in [0.3, 0.4) is 0 Å². The van der Waals surface area contributed by atoms with Gasteiger partial charge in [-0.15, -0.1) is 0 Å². The van der Waals surface area contributed by atoms with Crippen molar-refractivity contribution in [2.45, 2.75) is 43.9 Å². The lowest BCUT2D eigenvalue weighted by Gasteiger charge is -2.57. The molecule has 6 aromatic rings. The van der Waals surface area contributed by atoms with Crippen molar-refractivity contribution in [1.82, 2.24) is 15.0 Å². The summed E-state index contributed by atoms with van der Waals surface area (Å²) in [5, 5.41) is 9.48. The first kappa shape index (κ1) is 29.7. The van der Waals surface area contributed by atoms with Gasteiger partial charge in [0.25, 0.3) is 0 Å². The third-order valence-corrected chi connectivity index (χ3v) is 11.2. The highest BCUT2D eigenvalue weighted by Crippen LogP contribution is 2.61. The Labute approximate surface area is 286 Å². The average Bonchev–Trinajstić information content (AvgIpc) is 3.15. The topological polar surface area (TPSA) is 62.5 Å². The van der Waals surface area contributed by atoms with Gasteiger partial charge in [0.1, 0.15) is 5.82 Å². The number of nitrogens with zero attached hydrogens (tertiary/aromatic N) is 4. The van der Waals surface area contributed by atoms with Gasteiger partial charge in [-0.2, -0.15) is 5.26 Å². The van der Waals surface area contributed by atoms with Crippen molar-refractivity contribution in [2.75, 3.05) is 0 Å². The third-order valence-electron chi connectivity index (χ3n) is 11.2. The van der Waals surface area contributed by atoms with Gasteiger partial charge in [-0.25, -0.2) is 19.3 Å². The van der Waals surface area contributed by atoms with E-state index in [1.54, 1.807) is 12.1 Å². The van der Waals surface area contributed by atoms with Crippen LogP contribution in [0.5, 0.6) is 0 Å². The maximum Gasteiger partial charge on any atom is 0.164 e. The second-order valence-electron chi connectivity index (χ2n) is 14.4. The molecule has 49 heavy (non-hydrogen) atoms. The number of hydrogen-bond donors (Lipinski definition) is 0. The fourth-order valence-corrected chi connectivity index (χ4v) is 9.26. The van der Waals surface area contributed by atoms with Gasteiger partial charge in [-0.3, -0.25) is 0 Å². The molecule has 4 fully saturated rings. The average molecular weight is 639 g/mol. The Bertz CT molecular complexity index is 2180. The minimum atomic E-state index is -0.259. The van der Waals surface area contributed by atoms with Crippen LogP contribution in [0.25, 0.3) is 56.4 Å². The molecular formula is C44H35FN4. The smallest absolute Gasteiger partial charge is 0.164 e. The summed E-state index contributed by atoms with van der Waals surface area (Å²) in [6, 6.07) is 41.9. The van der Waals surface area contributed by atoms with Gasteiger partial charge in [-0.05, 0) is 132 Å². The second-order valence-corrected chi connectivity index (χ2v) is 14.4. The van der Waals surface area contributed by atoms with E-state index in [-0.39, 0.29) is 11.2 Å². The zero-order valence-electron chi connectivity index (χ0n) is 27.2. The summed E-state index contributed by atoms with van der Waals surface area (Å²) in [5.74, 6) is 4.03. The van der Waals surface area contributed by atoms with E-state index in [4.69, 9.17) is 15.0 Å². The van der Waals surface area contributed by atoms with E-state index >= 15 is 0 Å². The van der Waals surface area contributed by atoms with Crippen LogP contribution >= 0.6 is 0 Å². The quantitative estimate of drug-likeness (QED) is 0.182. The van der Waals surface area contributed by atoms with Crippen LogP contribution in [0.4, 0.5) is 4.39 Å². The Morgan fingerprint density at radius 1 is 0.510 bits per heavy atom. The Kier molecular flexibility index (Phi) is 7.20. The molecule has 0 amide bonds. The van der Waals surface area contributed by atoms with E-state index in [1.165, 1.54) is 56.2 Å². The Hall–Kier alpha value is -5.47. The zero-order chi connectivity index (χ0) is 33.0. The van der Waals surface area contributed by atoms with E-state index < -0.39 is 0 Å². The van der Waals surface area contributed by atoms with Crippen LogP contribution in [-0.4, -0.2) is 15.0 Å². The summed E-state index contributed by atoms with van der Waals surface area (Å²) in [4.78, 5) is 15.3. The molecule has 4 bridgehead atoms. The van der Waals surface area contributed by atoms with Crippen molar-refractivity contribution in [1.29, 1.82) is 5.26 Å². The first-order valence-electron chi connectivity index (χ1n) is 17.3. The van der Waals surface area contributed by atoms with Crippen LogP contribution < -0.4 is 0 Å². The Morgan fingerprint density at radius 2 is 1.02 bits per heavy atom. The molecule has 1 aromatic heterocycles. The summed E-state index contributed by atoms with van der Waals surface area (Å²) in [6.45, 7) is 0. The fourth-order valence-electron chi connectivity index (χ4n) is 9.26. The molecular weight excluding hydrogens is 604 g/mol. The molecule has 10 rings (SSSR count). The summed E-state index contributed by atoms with van der Waals surface area (Å²) < 4.78 is 13.7. The van der Waals surface area contributed by atoms with Crippen molar-refractivity contribution in [3.63, 3.8) is 0 Å². The Morgan fingerprint density at radius 3 is 1.67 bits per heavy atom. The zero-order valence-corrected chi connectivity index (χ0v) is 27.2. The number of benzene rings is 5. The Balaban J connectivity index is 1.22. The molecule has 238 valence electrons. The van der Waals surface area contributed by atoms with E-state index in [2.05, 4.69) is 42.5 Å². The standard InChI is InChI=1S/C44H35FN4/c45-40-15-13-32(14-16-40)35-7-4-8-36(20-35)42-47-41(34-5-2-1-3-6-34)48-43(49-42)38-21-37(33-11-9-28(27-46)10-12-33)22-39(23-38)44-24-29-17-30(25-44)19-31(18-29)26-44/h1-16,20-23,29-31H,17-19,24-26H2/t29-,30-,31-,44?. The van der Waals surface area contributed by atoms with Gasteiger partial charge in [0.15, 0.2) is 17.5 Å². The molecule has 0 spiro atoms. The van der Waals surface area contributed by atoms with Crippen LogP contribution in [-0.2, 0) is 5.41 Å². The predicted molar refractivity (Wildman–Crippen MR) is 192 cm³/mol. The van der Waals surface area contributed by atoms with Crippen LogP contribution in [0.1, 0.15) is 49.7 Å². The predicted octanol–water partition coefficient (Wildman–Crippen LogP) is 10.7. The van der Waals surface area contributed by atoms with E-state index in [0.29, 0.717) is 23.0 Å². The number of halogens is 1. The highest BCUT2D eigenvalue weighted by Gasteiger charge is 2.51. The molecule has 0 radical (unpaired) electrons. The van der Waals surface area contributed by atoms with E-state index in [1.807, 2.05) is 60.7 Å². The molecule has 0 saturated heterocycles. The van der Waals surface area contributed by atoms with E-state index in [0.717, 1.165) is 56.7 Å². The fraction of sp³-hybridized carbons (Fsp3) is 0.227.